The molecule has 3 nitrogen and oxygen atoms in total. The van der Waals surface area contributed by atoms with Crippen LogP contribution in [0, 0.1) is 29.6 Å². The van der Waals surface area contributed by atoms with Gasteiger partial charge in [0, 0.05) is 19.1 Å². The third kappa shape index (κ3) is 2.94. The number of nitrogens with one attached hydrogen (secondary N) is 1. The van der Waals surface area contributed by atoms with E-state index in [1.54, 1.807) is 6.08 Å². The van der Waals surface area contributed by atoms with E-state index in [-0.39, 0.29) is 5.91 Å². The van der Waals surface area contributed by atoms with E-state index >= 15 is 0 Å². The highest BCUT2D eigenvalue weighted by Gasteiger charge is 2.50. The van der Waals surface area contributed by atoms with E-state index in [1.807, 2.05) is 0 Å². The highest BCUT2D eigenvalue weighted by atomic mass is 16.5. The SMILES string of the molecule is C[C@@H]1C[C@H]1[C@@H]1C[C@H]1/C=C/C(=O)NCC1CCOC1. The summed E-state index contributed by atoms with van der Waals surface area (Å²) in [6.45, 7) is 4.74. The minimum absolute atomic E-state index is 0.0661. The van der Waals surface area contributed by atoms with Gasteiger partial charge in [-0.1, -0.05) is 13.0 Å². The van der Waals surface area contributed by atoms with E-state index in [4.69, 9.17) is 4.74 Å². The summed E-state index contributed by atoms with van der Waals surface area (Å²) >= 11 is 0. The lowest BCUT2D eigenvalue weighted by molar-refractivity contribution is -0.116. The Morgan fingerprint density at radius 2 is 2.22 bits per heavy atom. The molecule has 2 saturated carbocycles. The number of allylic oxidation sites excluding steroid dienone is 1. The maximum atomic E-state index is 11.6. The molecular weight excluding hydrogens is 226 g/mol. The van der Waals surface area contributed by atoms with Crippen molar-refractivity contribution in [2.75, 3.05) is 19.8 Å². The molecule has 0 bridgehead atoms. The average molecular weight is 249 g/mol. The number of hydrogen-bond acceptors (Lipinski definition) is 2. The van der Waals surface area contributed by atoms with E-state index in [0.717, 1.165) is 43.9 Å². The first-order valence-electron chi connectivity index (χ1n) is 7.28. The van der Waals surface area contributed by atoms with Crippen molar-refractivity contribution in [3.05, 3.63) is 12.2 Å². The van der Waals surface area contributed by atoms with Crippen molar-refractivity contribution in [3.63, 3.8) is 0 Å². The van der Waals surface area contributed by atoms with Crippen LogP contribution < -0.4 is 5.32 Å². The summed E-state index contributed by atoms with van der Waals surface area (Å²) in [6, 6.07) is 0. The van der Waals surface area contributed by atoms with E-state index in [0.29, 0.717) is 11.8 Å². The van der Waals surface area contributed by atoms with Crippen LogP contribution in [0.4, 0.5) is 0 Å². The Balaban J connectivity index is 1.33. The monoisotopic (exact) mass is 249 g/mol. The Hall–Kier alpha value is -0.830. The van der Waals surface area contributed by atoms with E-state index in [9.17, 15) is 4.79 Å². The predicted molar refractivity (Wildman–Crippen MR) is 69.9 cm³/mol. The molecule has 0 aromatic heterocycles. The highest BCUT2D eigenvalue weighted by molar-refractivity contribution is 5.87. The van der Waals surface area contributed by atoms with Crippen LogP contribution in [0.5, 0.6) is 0 Å². The predicted octanol–water partition coefficient (Wildman–Crippen LogP) is 1.99. The summed E-state index contributed by atoms with van der Waals surface area (Å²) in [5, 5.41) is 2.97. The van der Waals surface area contributed by atoms with Crippen LogP contribution in [0.1, 0.15) is 26.2 Å². The molecule has 18 heavy (non-hydrogen) atoms. The molecule has 0 radical (unpaired) electrons. The molecular formula is C15H23NO2. The molecule has 3 aliphatic rings. The van der Waals surface area contributed by atoms with Crippen LogP contribution in [-0.2, 0) is 9.53 Å². The number of ether oxygens (including phenoxy) is 1. The Morgan fingerprint density at radius 1 is 1.39 bits per heavy atom. The van der Waals surface area contributed by atoms with Gasteiger partial charge in [0.05, 0.1) is 6.61 Å². The van der Waals surface area contributed by atoms with E-state index in [1.165, 1.54) is 12.8 Å². The molecule has 1 saturated heterocycles. The number of amides is 1. The van der Waals surface area contributed by atoms with Crippen LogP contribution in [0.3, 0.4) is 0 Å². The zero-order valence-electron chi connectivity index (χ0n) is 11.1. The summed E-state index contributed by atoms with van der Waals surface area (Å²) in [7, 11) is 0. The first-order chi connectivity index (χ1) is 8.74. The van der Waals surface area contributed by atoms with Gasteiger partial charge in [0.25, 0.3) is 0 Å². The van der Waals surface area contributed by atoms with E-state index < -0.39 is 0 Å². The second kappa shape index (κ2) is 5.04. The van der Waals surface area contributed by atoms with Crippen molar-refractivity contribution >= 4 is 5.91 Å². The van der Waals surface area contributed by atoms with Gasteiger partial charge in [-0.25, -0.2) is 0 Å². The zero-order valence-corrected chi connectivity index (χ0v) is 11.1. The molecule has 1 aliphatic heterocycles. The lowest BCUT2D eigenvalue weighted by Crippen LogP contribution is -2.27. The fourth-order valence-electron chi connectivity index (χ4n) is 3.16. The fraction of sp³-hybridized carbons (Fsp3) is 0.800. The van der Waals surface area contributed by atoms with Crippen LogP contribution in [0.25, 0.3) is 0 Å². The quantitative estimate of drug-likeness (QED) is 0.757. The molecule has 1 heterocycles. The standard InChI is InChI=1S/C15H23NO2/c1-10-6-13(10)14-7-12(14)2-3-15(17)16-8-11-4-5-18-9-11/h2-3,10-14H,4-9H2,1H3,(H,16,17)/b3-2+/t10-,11?,12-,13-,14-/m1/s1. The number of hydrogen-bond donors (Lipinski definition) is 1. The lowest BCUT2D eigenvalue weighted by atomic mass is 10.1. The molecule has 1 N–H and O–H groups in total. The molecule has 5 atom stereocenters. The summed E-state index contributed by atoms with van der Waals surface area (Å²) in [5.74, 6) is 4.04. The maximum Gasteiger partial charge on any atom is 0.243 e. The Kier molecular flexibility index (Phi) is 3.42. The minimum Gasteiger partial charge on any atom is -0.381 e. The number of rotatable bonds is 5. The summed E-state index contributed by atoms with van der Waals surface area (Å²) in [5.41, 5.74) is 0. The van der Waals surface area contributed by atoms with Crippen molar-refractivity contribution in [1.29, 1.82) is 0 Å². The first kappa shape index (κ1) is 12.2. The summed E-state index contributed by atoms with van der Waals surface area (Å²) < 4.78 is 5.29. The molecule has 100 valence electrons. The molecule has 0 aromatic rings. The average Bonchev–Trinajstić information content (AvgIpc) is 3.22. The molecule has 0 aromatic carbocycles. The van der Waals surface area contributed by atoms with Gasteiger partial charge in [0.2, 0.25) is 5.91 Å². The number of carbonyl (C=O) groups is 1. The molecule has 3 rings (SSSR count). The third-order valence-corrected chi connectivity index (χ3v) is 4.70. The third-order valence-electron chi connectivity index (χ3n) is 4.70. The second-order valence-corrected chi connectivity index (χ2v) is 6.27. The van der Waals surface area contributed by atoms with Crippen LogP contribution in [-0.4, -0.2) is 25.7 Å². The molecule has 3 heteroatoms. The minimum atomic E-state index is 0.0661. The summed E-state index contributed by atoms with van der Waals surface area (Å²) in [6.07, 6.45) is 7.65. The molecule has 0 spiro atoms. The number of carbonyl (C=O) groups excluding carboxylic acids is 1. The van der Waals surface area contributed by atoms with Crippen molar-refractivity contribution < 1.29 is 9.53 Å². The van der Waals surface area contributed by atoms with Gasteiger partial charge in [0.15, 0.2) is 0 Å². The summed E-state index contributed by atoms with van der Waals surface area (Å²) in [4.78, 5) is 11.6. The Morgan fingerprint density at radius 3 is 2.89 bits per heavy atom. The molecule has 1 amide bonds. The van der Waals surface area contributed by atoms with Gasteiger partial charge in [-0.3, -0.25) is 4.79 Å². The maximum absolute atomic E-state index is 11.6. The van der Waals surface area contributed by atoms with Gasteiger partial charge in [0.1, 0.15) is 0 Å². The van der Waals surface area contributed by atoms with Crippen molar-refractivity contribution in [2.24, 2.45) is 29.6 Å². The lowest BCUT2D eigenvalue weighted by Gasteiger charge is -2.07. The van der Waals surface area contributed by atoms with Crippen LogP contribution in [0.2, 0.25) is 0 Å². The topological polar surface area (TPSA) is 38.3 Å². The van der Waals surface area contributed by atoms with Gasteiger partial charge in [-0.05, 0) is 49.0 Å². The van der Waals surface area contributed by atoms with Crippen molar-refractivity contribution in [1.82, 2.24) is 5.32 Å². The van der Waals surface area contributed by atoms with E-state index in [2.05, 4.69) is 18.3 Å². The van der Waals surface area contributed by atoms with Crippen molar-refractivity contribution in [3.8, 4) is 0 Å². The zero-order chi connectivity index (χ0) is 12.5. The largest absolute Gasteiger partial charge is 0.381 e. The van der Waals surface area contributed by atoms with Gasteiger partial charge >= 0.3 is 0 Å². The smallest absolute Gasteiger partial charge is 0.243 e. The fourth-order valence-corrected chi connectivity index (χ4v) is 3.16. The van der Waals surface area contributed by atoms with Gasteiger partial charge in [-0.15, -0.1) is 0 Å². The molecule has 3 fully saturated rings. The van der Waals surface area contributed by atoms with Gasteiger partial charge < -0.3 is 10.1 Å². The van der Waals surface area contributed by atoms with Crippen LogP contribution in [0.15, 0.2) is 12.2 Å². The Labute approximate surface area is 109 Å². The van der Waals surface area contributed by atoms with Crippen molar-refractivity contribution in [2.45, 2.75) is 26.2 Å². The molecule has 1 unspecified atom stereocenters. The van der Waals surface area contributed by atoms with Gasteiger partial charge in [-0.2, -0.15) is 0 Å². The molecule has 2 aliphatic carbocycles. The first-order valence-corrected chi connectivity index (χ1v) is 7.28. The second-order valence-electron chi connectivity index (χ2n) is 6.27. The highest BCUT2D eigenvalue weighted by Crippen LogP contribution is 2.58. The van der Waals surface area contributed by atoms with Crippen LogP contribution >= 0.6 is 0 Å². The Bertz CT molecular complexity index is 346. The normalized spacial score (nSPS) is 42.2.